The van der Waals surface area contributed by atoms with E-state index >= 15 is 0 Å². The molecule has 5 aliphatic heterocycles. The average Bonchev–Trinajstić information content (AvgIpc) is 3.38. The summed E-state index contributed by atoms with van der Waals surface area (Å²) in [6, 6.07) is 11.7. The van der Waals surface area contributed by atoms with Gasteiger partial charge in [0.2, 0.25) is 10.0 Å². The minimum absolute atomic E-state index is 0. The fraction of sp³-hybridized carbons (Fsp3) is 0.674. The van der Waals surface area contributed by atoms with Gasteiger partial charge < -0.3 is 20.1 Å². The zero-order chi connectivity index (χ0) is 44.3. The summed E-state index contributed by atoms with van der Waals surface area (Å²) in [5.74, 6) is 2.87. The SMILES string of the molecule is C.CCI.C[C@@H]1[C@@H](C)C/C=C/[C@](O)(C2SCCCS2)[C@@H]2CC[C@H]2CN2C[C@@]3(CCCc4cc(Cl)ccc43)COc3ccc(cc32)C(=O)NS1(=O)=O.O=S1(=O)CCN2CCNCC2C1. The van der Waals surface area contributed by atoms with E-state index in [9.17, 15) is 26.7 Å². The first kappa shape index (κ1) is 51.1. The van der Waals surface area contributed by atoms with Gasteiger partial charge in [-0.15, -0.1) is 23.5 Å². The lowest BCUT2D eigenvalue weighted by Gasteiger charge is -2.51. The number of thioether (sulfide) groups is 2. The number of piperazine rings is 1. The second-order valence-electron chi connectivity index (χ2n) is 18.1. The van der Waals surface area contributed by atoms with E-state index in [1.165, 1.54) is 15.6 Å². The van der Waals surface area contributed by atoms with Crippen LogP contribution in [0.1, 0.15) is 88.2 Å². The van der Waals surface area contributed by atoms with E-state index in [2.05, 4.69) is 61.5 Å². The number of anilines is 1. The number of nitrogens with one attached hydrogen (secondary N) is 2. The maximum Gasteiger partial charge on any atom is 0.264 e. The third kappa shape index (κ3) is 11.7. The fourth-order valence-corrected chi connectivity index (χ4v) is 16.5. The van der Waals surface area contributed by atoms with Crippen LogP contribution in [0.25, 0.3) is 0 Å². The van der Waals surface area contributed by atoms with Gasteiger partial charge in [0, 0.05) is 61.3 Å². The molecule has 3 N–H and O–H groups in total. The van der Waals surface area contributed by atoms with Gasteiger partial charge in [0.05, 0.1) is 33.6 Å². The van der Waals surface area contributed by atoms with Crippen molar-refractivity contribution in [3.05, 3.63) is 70.3 Å². The molecular formula is C46H68ClIN4O7S4. The maximum atomic E-state index is 13.5. The quantitative estimate of drug-likeness (QED) is 0.147. The van der Waals surface area contributed by atoms with Crippen LogP contribution in [-0.2, 0) is 31.7 Å². The summed E-state index contributed by atoms with van der Waals surface area (Å²) in [6.07, 6.45) is 10.5. The number of benzene rings is 2. The lowest BCUT2D eigenvalue weighted by Crippen LogP contribution is -2.58. The molecule has 4 fully saturated rings. The van der Waals surface area contributed by atoms with E-state index in [0.29, 0.717) is 43.4 Å². The van der Waals surface area contributed by atoms with Gasteiger partial charge in [-0.3, -0.25) is 9.69 Å². The number of aliphatic hydroxyl groups is 1. The third-order valence-corrected chi connectivity index (χ3v) is 21.1. The van der Waals surface area contributed by atoms with Gasteiger partial charge in [0.1, 0.15) is 11.4 Å². The summed E-state index contributed by atoms with van der Waals surface area (Å²) < 4.78 is 59.6. The lowest BCUT2D eigenvalue weighted by atomic mass is 9.64. The summed E-state index contributed by atoms with van der Waals surface area (Å²) in [5.41, 5.74) is 2.32. The molecule has 11 nitrogen and oxygen atoms in total. The highest BCUT2D eigenvalue weighted by molar-refractivity contribution is 14.1. The Labute approximate surface area is 404 Å². The third-order valence-electron chi connectivity index (χ3n) is 14.0. The van der Waals surface area contributed by atoms with Crippen LogP contribution in [0.2, 0.25) is 5.02 Å². The van der Waals surface area contributed by atoms with Crippen LogP contribution in [-0.4, -0.2) is 128 Å². The van der Waals surface area contributed by atoms with E-state index in [1.54, 1.807) is 19.1 Å². The molecule has 63 heavy (non-hydrogen) atoms. The number of carbonyl (C=O) groups is 1. The van der Waals surface area contributed by atoms with Gasteiger partial charge in [0.15, 0.2) is 9.84 Å². The Bertz CT molecular complexity index is 2160. The van der Waals surface area contributed by atoms with Crippen molar-refractivity contribution in [2.45, 2.75) is 100 Å². The van der Waals surface area contributed by atoms with Crippen molar-refractivity contribution in [2.75, 3.05) is 78.2 Å². The molecule has 1 amide bonds. The van der Waals surface area contributed by atoms with E-state index in [-0.39, 0.29) is 46.8 Å². The molecule has 2 aliphatic carbocycles. The van der Waals surface area contributed by atoms with Crippen LogP contribution in [0.15, 0.2) is 48.6 Å². The molecule has 5 heterocycles. The molecule has 0 aromatic heterocycles. The number of amides is 1. The van der Waals surface area contributed by atoms with E-state index in [0.717, 1.165) is 86.9 Å². The number of sulfone groups is 1. The first-order valence-corrected chi connectivity index (χ1v) is 29.7. The minimum atomic E-state index is -3.95. The van der Waals surface area contributed by atoms with E-state index in [4.69, 9.17) is 16.3 Å². The number of carbonyl (C=O) groups excluding carboxylic acids is 1. The van der Waals surface area contributed by atoms with Crippen molar-refractivity contribution < 1.29 is 31.5 Å². The largest absolute Gasteiger partial charge is 0.490 e. The number of rotatable bonds is 1. The van der Waals surface area contributed by atoms with Crippen molar-refractivity contribution in [3.8, 4) is 5.75 Å². The number of sulfonamides is 1. The Morgan fingerprint density at radius 3 is 2.54 bits per heavy atom. The predicted octanol–water partition coefficient (Wildman–Crippen LogP) is 7.58. The molecule has 352 valence electrons. The molecule has 0 radical (unpaired) electrons. The zero-order valence-corrected chi connectivity index (χ0v) is 42.4. The van der Waals surface area contributed by atoms with Crippen LogP contribution in [0.3, 0.4) is 0 Å². The number of hydrogen-bond acceptors (Lipinski definition) is 12. The highest BCUT2D eigenvalue weighted by atomic mass is 127. The van der Waals surface area contributed by atoms with Gasteiger partial charge in [-0.1, -0.05) is 73.7 Å². The summed E-state index contributed by atoms with van der Waals surface area (Å²) >= 11 is 12.4. The molecule has 1 spiro atoms. The molecular weight excluding hydrogens is 1010 g/mol. The average molecular weight is 1080 g/mol. The Balaban J connectivity index is 0.000000350. The smallest absolute Gasteiger partial charge is 0.264 e. The van der Waals surface area contributed by atoms with Gasteiger partial charge in [-0.05, 0) is 127 Å². The predicted molar refractivity (Wildman–Crippen MR) is 272 cm³/mol. The van der Waals surface area contributed by atoms with Gasteiger partial charge in [-0.2, -0.15) is 0 Å². The fourth-order valence-electron chi connectivity index (χ4n) is 10.2. The van der Waals surface area contributed by atoms with Gasteiger partial charge in [0.25, 0.3) is 5.91 Å². The molecule has 1 saturated carbocycles. The number of fused-ring (bicyclic) bond motifs is 5. The summed E-state index contributed by atoms with van der Waals surface area (Å²) in [6.45, 7) is 11.1. The molecule has 7 aliphatic rings. The molecule has 9 rings (SSSR count). The molecule has 1 unspecified atom stereocenters. The van der Waals surface area contributed by atoms with E-state index in [1.807, 2.05) is 54.7 Å². The Hall–Kier alpha value is -1.25. The van der Waals surface area contributed by atoms with Crippen molar-refractivity contribution in [1.29, 1.82) is 0 Å². The first-order chi connectivity index (χ1) is 29.6. The number of aryl methyl sites for hydroxylation is 1. The van der Waals surface area contributed by atoms with Crippen molar-refractivity contribution >= 4 is 89.2 Å². The molecule has 17 heteroatoms. The molecule has 7 atom stereocenters. The number of halogens is 2. The number of allylic oxidation sites excluding steroid dienone is 1. The second-order valence-corrected chi connectivity index (χ2v) is 27.1. The van der Waals surface area contributed by atoms with Crippen LogP contribution in [0.4, 0.5) is 5.69 Å². The highest BCUT2D eigenvalue weighted by Crippen LogP contribution is 2.53. The molecule has 2 aromatic rings. The minimum Gasteiger partial charge on any atom is -0.490 e. The summed E-state index contributed by atoms with van der Waals surface area (Å²) in [5, 5.41) is 15.8. The van der Waals surface area contributed by atoms with Crippen LogP contribution in [0.5, 0.6) is 5.75 Å². The summed E-state index contributed by atoms with van der Waals surface area (Å²) in [4.78, 5) is 18.2. The monoisotopic (exact) mass is 1080 g/mol. The Kier molecular flexibility index (Phi) is 17.7. The Morgan fingerprint density at radius 2 is 1.81 bits per heavy atom. The van der Waals surface area contributed by atoms with Crippen LogP contribution in [0, 0.1) is 17.8 Å². The van der Waals surface area contributed by atoms with E-state index < -0.39 is 36.6 Å². The van der Waals surface area contributed by atoms with Crippen LogP contribution >= 0.6 is 57.7 Å². The topological polar surface area (TPSA) is 145 Å². The zero-order valence-electron chi connectivity index (χ0n) is 36.2. The molecule has 2 aromatic carbocycles. The van der Waals surface area contributed by atoms with Crippen molar-refractivity contribution in [2.24, 2.45) is 17.8 Å². The second kappa shape index (κ2) is 21.8. The first-order valence-electron chi connectivity index (χ1n) is 22.3. The Morgan fingerprint density at radius 1 is 1.05 bits per heavy atom. The van der Waals surface area contributed by atoms with Crippen LogP contribution < -0.4 is 19.7 Å². The normalized spacial score (nSPS) is 33.2. The van der Waals surface area contributed by atoms with Crippen molar-refractivity contribution in [3.63, 3.8) is 0 Å². The van der Waals surface area contributed by atoms with Crippen molar-refractivity contribution in [1.82, 2.24) is 14.9 Å². The molecule has 3 saturated heterocycles. The number of ether oxygens (including phenoxy) is 1. The lowest BCUT2D eigenvalue weighted by molar-refractivity contribution is -0.0333. The standard InChI is InChI=1S/C36H45ClN2O5S3.C7H14N2O2S.C2H5I.CH4/c1-23-6-3-15-36(41,34-45-16-5-17-46-34)30-11-8-27(30)20-39-21-35(14-4-7-25-18-28(37)10-12-29(25)35)22-44-32-13-9-26(19-31(32)39)33(40)38-47(42,43)24(23)2;10-12(11)4-3-9-2-1-8-5-7(9)6-12;1-2-3;/h3,9-10,12-13,15,18-19,23-24,27,30,34,41H,4-8,11,14,16-17,20-22H2,1-2H3,(H,38,40);7-8H,1-6H2;2H2,1H3;1H4/b15-3+;;;/t23-,24+,27-,30+,35-,36+;;;/m0.../s1. The maximum absolute atomic E-state index is 13.5. The number of alkyl halides is 1. The summed E-state index contributed by atoms with van der Waals surface area (Å²) in [7, 11) is -6.69. The van der Waals surface area contributed by atoms with Gasteiger partial charge in [-0.25, -0.2) is 21.6 Å². The number of nitrogens with zero attached hydrogens (tertiary/aromatic N) is 2. The van der Waals surface area contributed by atoms with Gasteiger partial charge >= 0.3 is 0 Å². The molecule has 2 bridgehead atoms. The number of hydrogen-bond donors (Lipinski definition) is 3. The highest BCUT2D eigenvalue weighted by Gasteiger charge is 2.52.